The number of pyridine rings is 3. The van der Waals surface area contributed by atoms with Crippen molar-refractivity contribution in [1.29, 1.82) is 0 Å². The predicted octanol–water partition coefficient (Wildman–Crippen LogP) is 2.23. The van der Waals surface area contributed by atoms with Crippen LogP contribution in [0.25, 0.3) is 11.0 Å². The molecular weight excluding hydrogens is 423 g/mol. The third-order valence-electron chi connectivity index (χ3n) is 6.95. The van der Waals surface area contributed by atoms with Crippen LogP contribution in [0.1, 0.15) is 41.4 Å². The summed E-state index contributed by atoms with van der Waals surface area (Å²) in [6, 6.07) is 6.00. The molecule has 1 amide bonds. The molecule has 3 aromatic rings. The molecule has 1 saturated heterocycles. The van der Waals surface area contributed by atoms with Crippen LogP contribution in [0.5, 0.6) is 0 Å². The zero-order valence-electron chi connectivity index (χ0n) is 18.8. The van der Waals surface area contributed by atoms with E-state index < -0.39 is 5.82 Å². The molecule has 2 aliphatic rings. The Morgan fingerprint density at radius 2 is 2.00 bits per heavy atom. The number of piperazine rings is 1. The number of aryl methyl sites for hydroxylation is 1. The highest BCUT2D eigenvalue weighted by molar-refractivity contribution is 5.92. The Morgan fingerprint density at radius 3 is 2.67 bits per heavy atom. The molecule has 2 atom stereocenters. The van der Waals surface area contributed by atoms with Gasteiger partial charge < -0.3 is 15.2 Å². The van der Waals surface area contributed by atoms with Gasteiger partial charge in [0.15, 0.2) is 5.82 Å². The molecule has 0 spiro atoms. The molecule has 9 heteroatoms. The molecule has 5 rings (SSSR count). The summed E-state index contributed by atoms with van der Waals surface area (Å²) in [6.45, 7) is 3.92. The molecule has 0 aromatic carbocycles. The van der Waals surface area contributed by atoms with Gasteiger partial charge in [-0.15, -0.1) is 0 Å². The number of amides is 1. The molecule has 3 aromatic heterocycles. The van der Waals surface area contributed by atoms with Crippen LogP contribution in [-0.4, -0.2) is 58.0 Å². The third kappa shape index (κ3) is 3.76. The number of carbonyl (C=O) groups is 1. The van der Waals surface area contributed by atoms with Gasteiger partial charge in [-0.2, -0.15) is 0 Å². The van der Waals surface area contributed by atoms with E-state index in [2.05, 4.69) is 30.1 Å². The van der Waals surface area contributed by atoms with Crippen molar-refractivity contribution in [2.24, 2.45) is 0 Å². The van der Waals surface area contributed by atoms with Crippen molar-refractivity contribution < 1.29 is 9.18 Å². The van der Waals surface area contributed by atoms with Crippen molar-refractivity contribution >= 4 is 22.6 Å². The minimum atomic E-state index is -0.396. The molecule has 1 aliphatic carbocycles. The van der Waals surface area contributed by atoms with Crippen molar-refractivity contribution in [1.82, 2.24) is 25.2 Å². The number of aromatic amines is 1. The Kier molecular flexibility index (Phi) is 5.57. The van der Waals surface area contributed by atoms with E-state index in [4.69, 9.17) is 0 Å². The average Bonchev–Trinajstić information content (AvgIpc) is 2.81. The van der Waals surface area contributed by atoms with Crippen molar-refractivity contribution in [3.63, 3.8) is 0 Å². The molecule has 8 nitrogen and oxygen atoms in total. The van der Waals surface area contributed by atoms with Gasteiger partial charge in [-0.25, -0.2) is 9.37 Å². The van der Waals surface area contributed by atoms with Crippen molar-refractivity contribution in [3.8, 4) is 0 Å². The molecule has 0 unspecified atom stereocenters. The average molecular weight is 451 g/mol. The predicted molar refractivity (Wildman–Crippen MR) is 124 cm³/mol. The summed E-state index contributed by atoms with van der Waals surface area (Å²) < 4.78 is 15.3. The summed E-state index contributed by atoms with van der Waals surface area (Å²) in [5, 5.41) is 2.58. The lowest BCUT2D eigenvalue weighted by Crippen LogP contribution is -2.64. The van der Waals surface area contributed by atoms with Crippen LogP contribution in [0.4, 0.5) is 10.1 Å². The number of halogens is 1. The SMILES string of the molecule is CCc1cc2ncc(CN3CCN(c4ccc(C(=O)NC)nc4)[C@H]4CC[C@@H]43)c(F)c2[nH]c1=O. The van der Waals surface area contributed by atoms with Crippen LogP contribution >= 0.6 is 0 Å². The molecule has 2 fully saturated rings. The summed E-state index contributed by atoms with van der Waals surface area (Å²) in [6.07, 6.45) is 6.03. The monoisotopic (exact) mass is 450 g/mol. The molecule has 0 radical (unpaired) electrons. The fourth-order valence-corrected chi connectivity index (χ4v) is 4.94. The first-order chi connectivity index (χ1) is 16.0. The highest BCUT2D eigenvalue weighted by atomic mass is 19.1. The Bertz CT molecular complexity index is 1260. The second kappa shape index (κ2) is 8.55. The maximum atomic E-state index is 15.3. The molecule has 33 heavy (non-hydrogen) atoms. The number of nitrogens with one attached hydrogen (secondary N) is 2. The number of hydrogen-bond acceptors (Lipinski definition) is 6. The van der Waals surface area contributed by atoms with Gasteiger partial charge in [-0.05, 0) is 37.5 Å². The van der Waals surface area contributed by atoms with Gasteiger partial charge in [0.2, 0.25) is 0 Å². The van der Waals surface area contributed by atoms with Gasteiger partial charge in [0.1, 0.15) is 11.2 Å². The molecular formula is C24H27FN6O2. The lowest BCUT2D eigenvalue weighted by atomic mass is 9.81. The van der Waals surface area contributed by atoms with Crippen LogP contribution in [0.15, 0.2) is 35.4 Å². The summed E-state index contributed by atoms with van der Waals surface area (Å²) in [5.41, 5.74) is 2.90. The lowest BCUT2D eigenvalue weighted by Gasteiger charge is -2.54. The van der Waals surface area contributed by atoms with E-state index >= 15 is 4.39 Å². The van der Waals surface area contributed by atoms with Gasteiger partial charge in [-0.3, -0.25) is 19.5 Å². The van der Waals surface area contributed by atoms with Crippen LogP contribution < -0.4 is 15.8 Å². The van der Waals surface area contributed by atoms with Crippen LogP contribution in [0.3, 0.4) is 0 Å². The maximum absolute atomic E-state index is 15.3. The first-order valence-electron chi connectivity index (χ1n) is 11.4. The van der Waals surface area contributed by atoms with Crippen LogP contribution in [0.2, 0.25) is 0 Å². The van der Waals surface area contributed by atoms with E-state index in [1.807, 2.05) is 13.0 Å². The van der Waals surface area contributed by atoms with Crippen LogP contribution in [0, 0.1) is 5.82 Å². The molecule has 1 aliphatic heterocycles. The van der Waals surface area contributed by atoms with Gasteiger partial charge in [0.05, 0.1) is 17.4 Å². The van der Waals surface area contributed by atoms with E-state index in [1.54, 1.807) is 31.6 Å². The van der Waals surface area contributed by atoms with Gasteiger partial charge in [0.25, 0.3) is 11.5 Å². The van der Waals surface area contributed by atoms with Crippen molar-refractivity contribution in [2.75, 3.05) is 25.0 Å². The fraction of sp³-hybridized carbons (Fsp3) is 0.417. The van der Waals surface area contributed by atoms with Crippen molar-refractivity contribution in [3.05, 3.63) is 63.6 Å². The van der Waals surface area contributed by atoms with Crippen molar-refractivity contribution in [2.45, 2.75) is 44.8 Å². The normalized spacial score (nSPS) is 20.4. The number of nitrogens with zero attached hydrogens (tertiary/aromatic N) is 4. The first-order valence-corrected chi connectivity index (χ1v) is 11.4. The highest BCUT2D eigenvalue weighted by Gasteiger charge is 2.43. The second-order valence-electron chi connectivity index (χ2n) is 8.69. The maximum Gasteiger partial charge on any atom is 0.269 e. The zero-order chi connectivity index (χ0) is 23.1. The van der Waals surface area contributed by atoms with E-state index in [-0.39, 0.29) is 17.0 Å². The molecule has 172 valence electrons. The summed E-state index contributed by atoms with van der Waals surface area (Å²) in [5.74, 6) is -0.599. The van der Waals surface area contributed by atoms with Crippen LogP contribution in [-0.2, 0) is 13.0 Å². The largest absolute Gasteiger partial charge is 0.364 e. The molecule has 2 N–H and O–H groups in total. The molecule has 0 bridgehead atoms. The van der Waals surface area contributed by atoms with E-state index in [9.17, 15) is 9.59 Å². The number of rotatable bonds is 5. The Hall–Kier alpha value is -3.33. The van der Waals surface area contributed by atoms with Gasteiger partial charge >= 0.3 is 0 Å². The minimum Gasteiger partial charge on any atom is -0.364 e. The highest BCUT2D eigenvalue weighted by Crippen LogP contribution is 2.37. The van der Waals surface area contributed by atoms with Gasteiger partial charge in [0, 0.05) is 56.1 Å². The topological polar surface area (TPSA) is 94.2 Å². The summed E-state index contributed by atoms with van der Waals surface area (Å²) in [7, 11) is 1.59. The lowest BCUT2D eigenvalue weighted by molar-refractivity contribution is 0.0649. The second-order valence-corrected chi connectivity index (χ2v) is 8.69. The smallest absolute Gasteiger partial charge is 0.269 e. The molecule has 4 heterocycles. The summed E-state index contributed by atoms with van der Waals surface area (Å²) >= 11 is 0. The zero-order valence-corrected chi connectivity index (χ0v) is 18.8. The Balaban J connectivity index is 1.34. The van der Waals surface area contributed by atoms with E-state index in [0.717, 1.165) is 31.6 Å². The number of carbonyl (C=O) groups excluding carboxylic acids is 1. The number of aromatic nitrogens is 3. The van der Waals surface area contributed by atoms with E-state index in [0.29, 0.717) is 47.4 Å². The fourth-order valence-electron chi connectivity index (χ4n) is 4.94. The number of H-pyrrole nitrogens is 1. The number of fused-ring (bicyclic) bond motifs is 2. The minimum absolute atomic E-state index is 0.181. The molecule has 1 saturated carbocycles. The number of hydrogen-bond donors (Lipinski definition) is 2. The first kappa shape index (κ1) is 21.5. The van der Waals surface area contributed by atoms with Gasteiger partial charge in [-0.1, -0.05) is 6.92 Å². The third-order valence-corrected chi connectivity index (χ3v) is 6.95. The standard InChI is InChI=1S/C24H27FN6O2/c1-3-14-10-18-22(29-23(14)32)21(25)15(11-27-18)13-30-8-9-31(20-7-6-19(20)30)16-4-5-17(28-12-16)24(33)26-2/h4-5,10-12,19-20H,3,6-9,13H2,1-2H3,(H,26,33)(H,29,32)/t19-,20-/m0/s1. The summed E-state index contributed by atoms with van der Waals surface area (Å²) in [4.78, 5) is 40.0. The Labute approximate surface area is 190 Å². The quantitative estimate of drug-likeness (QED) is 0.619. The van der Waals surface area contributed by atoms with E-state index in [1.165, 1.54) is 0 Å². The Morgan fingerprint density at radius 1 is 1.18 bits per heavy atom. The number of anilines is 1.